The van der Waals surface area contributed by atoms with Gasteiger partial charge in [0.1, 0.15) is 0 Å². The highest BCUT2D eigenvalue weighted by Crippen LogP contribution is 2.47. The Morgan fingerprint density at radius 3 is 2.44 bits per heavy atom. The molecule has 2 aliphatic rings. The second kappa shape index (κ2) is 10.7. The van der Waals surface area contributed by atoms with Crippen molar-refractivity contribution in [1.29, 1.82) is 0 Å². The highest BCUT2D eigenvalue weighted by Gasteiger charge is 2.38. The Bertz CT molecular complexity index is 1520. The van der Waals surface area contributed by atoms with Gasteiger partial charge in [-0.15, -0.1) is 0 Å². The summed E-state index contributed by atoms with van der Waals surface area (Å²) in [5.41, 5.74) is 2.74. The van der Waals surface area contributed by atoms with Crippen LogP contribution < -0.4 is 15.4 Å². The maximum absolute atomic E-state index is 13.6. The Morgan fingerprint density at radius 1 is 1.03 bits per heavy atom. The molecule has 0 unspecified atom stereocenters. The highest BCUT2D eigenvalue weighted by atomic mass is 32.2. The molecular formula is C29H35N5O4S. The number of aromatic nitrogens is 2. The van der Waals surface area contributed by atoms with Crippen molar-refractivity contribution in [3.8, 4) is 0 Å². The smallest absolute Gasteiger partial charge is 0.253 e. The van der Waals surface area contributed by atoms with E-state index >= 15 is 0 Å². The third-order valence-corrected chi connectivity index (χ3v) is 8.77. The number of amides is 2. The lowest BCUT2D eigenvalue weighted by atomic mass is 9.98. The minimum absolute atomic E-state index is 0.115. The van der Waals surface area contributed by atoms with Crippen LogP contribution in [0.2, 0.25) is 0 Å². The minimum atomic E-state index is -3.87. The number of carbonyl (C=O) groups is 2. The fourth-order valence-electron chi connectivity index (χ4n) is 5.02. The second-order valence-corrected chi connectivity index (χ2v) is 13.0. The van der Waals surface area contributed by atoms with Crippen molar-refractivity contribution in [3.05, 3.63) is 65.2 Å². The first-order chi connectivity index (χ1) is 18.5. The van der Waals surface area contributed by atoms with Gasteiger partial charge in [-0.3, -0.25) is 19.6 Å². The van der Waals surface area contributed by atoms with Crippen LogP contribution in [0.1, 0.15) is 92.1 Å². The summed E-state index contributed by atoms with van der Waals surface area (Å²) >= 11 is 0. The van der Waals surface area contributed by atoms with Crippen LogP contribution in [0.15, 0.2) is 47.8 Å². The van der Waals surface area contributed by atoms with E-state index in [2.05, 4.69) is 20.3 Å². The monoisotopic (exact) mass is 549 g/mol. The van der Waals surface area contributed by atoms with Crippen LogP contribution in [-0.4, -0.2) is 36.7 Å². The number of sulfonamides is 1. The summed E-state index contributed by atoms with van der Waals surface area (Å²) in [5.74, 6) is -0.199. The van der Waals surface area contributed by atoms with Crippen molar-refractivity contribution in [2.75, 3.05) is 6.54 Å². The molecule has 3 aromatic rings. The summed E-state index contributed by atoms with van der Waals surface area (Å²) in [6.45, 7) is 7.85. The maximum atomic E-state index is 13.6. The van der Waals surface area contributed by atoms with Gasteiger partial charge < -0.3 is 10.6 Å². The average molecular weight is 550 g/mol. The Labute approximate surface area is 229 Å². The van der Waals surface area contributed by atoms with Crippen LogP contribution in [-0.2, 0) is 14.8 Å². The summed E-state index contributed by atoms with van der Waals surface area (Å²) in [4.78, 5) is 34.8. The highest BCUT2D eigenvalue weighted by molar-refractivity contribution is 7.89. The Hall–Kier alpha value is -3.37. The molecule has 1 aromatic carbocycles. The molecule has 39 heavy (non-hydrogen) atoms. The van der Waals surface area contributed by atoms with E-state index < -0.39 is 22.1 Å². The van der Waals surface area contributed by atoms with E-state index in [0.29, 0.717) is 40.8 Å². The molecule has 0 bridgehead atoms. The van der Waals surface area contributed by atoms with Crippen LogP contribution >= 0.6 is 0 Å². The number of hydrogen-bond donors (Lipinski definition) is 3. The van der Waals surface area contributed by atoms with Gasteiger partial charge in [0.2, 0.25) is 15.9 Å². The van der Waals surface area contributed by atoms with Crippen molar-refractivity contribution in [2.24, 2.45) is 11.8 Å². The fraction of sp³-hybridized carbons (Fsp3) is 0.448. The first kappa shape index (κ1) is 27.2. The van der Waals surface area contributed by atoms with E-state index in [1.54, 1.807) is 30.6 Å². The van der Waals surface area contributed by atoms with E-state index in [4.69, 9.17) is 4.98 Å². The molecule has 0 spiro atoms. The third kappa shape index (κ3) is 5.67. The van der Waals surface area contributed by atoms with E-state index in [-0.39, 0.29) is 28.5 Å². The molecule has 2 heterocycles. The van der Waals surface area contributed by atoms with E-state index in [0.717, 1.165) is 24.1 Å². The van der Waals surface area contributed by atoms with Crippen molar-refractivity contribution in [2.45, 2.75) is 69.9 Å². The lowest BCUT2D eigenvalue weighted by Crippen LogP contribution is -2.32. The normalized spacial score (nSPS) is 18.9. The number of benzene rings is 1. The molecule has 1 saturated carbocycles. The number of pyridine rings is 2. The number of nitrogens with one attached hydrogen (secondary N) is 3. The largest absolute Gasteiger partial charge is 0.349 e. The average Bonchev–Trinajstić information content (AvgIpc) is 3.71. The standard InChI is InChI=1S/C29H35N5O4S/c1-16(2)13-32-39(37,38)26-11-21-24(33-29(36)19-6-5-9-30-14-19)12-25(34-28(35)17(3)4)27(21)22-15-31-23(10-20(22)26)18-7-8-18/h5-6,9-11,14-18,24-25,32H,7-8,12-13H2,1-4H3,(H,33,36)(H,34,35)/t24-,25-/m1/s1. The zero-order valence-corrected chi connectivity index (χ0v) is 23.5. The minimum Gasteiger partial charge on any atom is -0.349 e. The molecule has 2 amide bonds. The molecule has 10 heteroatoms. The van der Waals surface area contributed by atoms with E-state index in [1.807, 2.05) is 33.8 Å². The summed E-state index contributed by atoms with van der Waals surface area (Å²) in [7, 11) is -3.87. The van der Waals surface area contributed by atoms with Gasteiger partial charge in [0.15, 0.2) is 0 Å². The van der Waals surface area contributed by atoms with Crippen LogP contribution in [0.5, 0.6) is 0 Å². The van der Waals surface area contributed by atoms with Gasteiger partial charge in [-0.1, -0.05) is 27.7 Å². The van der Waals surface area contributed by atoms with Crippen molar-refractivity contribution in [1.82, 2.24) is 25.3 Å². The molecule has 1 fully saturated rings. The zero-order chi connectivity index (χ0) is 27.9. The SMILES string of the molecule is CC(C)CNS(=O)(=O)c1cc2c(c3cnc(C4CC4)cc13)[C@H](NC(=O)C(C)C)C[C@H]2NC(=O)c1cccnc1. The predicted molar refractivity (Wildman–Crippen MR) is 149 cm³/mol. The number of hydrogen-bond acceptors (Lipinski definition) is 6. The van der Waals surface area contributed by atoms with Crippen LogP contribution in [0.3, 0.4) is 0 Å². The molecule has 2 aliphatic carbocycles. The van der Waals surface area contributed by atoms with Crippen molar-refractivity contribution < 1.29 is 18.0 Å². The Balaban J connectivity index is 1.66. The molecule has 0 saturated heterocycles. The predicted octanol–water partition coefficient (Wildman–Crippen LogP) is 4.13. The van der Waals surface area contributed by atoms with Crippen LogP contribution in [0.4, 0.5) is 0 Å². The molecule has 0 aliphatic heterocycles. The van der Waals surface area contributed by atoms with Crippen molar-refractivity contribution in [3.63, 3.8) is 0 Å². The molecule has 206 valence electrons. The van der Waals surface area contributed by atoms with Gasteiger partial charge in [-0.05, 0) is 60.6 Å². The third-order valence-electron chi connectivity index (χ3n) is 7.31. The molecule has 2 atom stereocenters. The lowest BCUT2D eigenvalue weighted by molar-refractivity contribution is -0.124. The van der Waals surface area contributed by atoms with Crippen molar-refractivity contribution >= 4 is 32.6 Å². The summed E-state index contributed by atoms with van der Waals surface area (Å²) < 4.78 is 30.0. The summed E-state index contributed by atoms with van der Waals surface area (Å²) in [6.07, 6.45) is 7.28. The molecular weight excluding hydrogens is 514 g/mol. The van der Waals surface area contributed by atoms with E-state index in [1.165, 1.54) is 6.20 Å². The Morgan fingerprint density at radius 2 is 1.79 bits per heavy atom. The number of carbonyl (C=O) groups excluding carboxylic acids is 2. The first-order valence-electron chi connectivity index (χ1n) is 13.5. The van der Waals surface area contributed by atoms with E-state index in [9.17, 15) is 18.0 Å². The van der Waals surface area contributed by atoms with Gasteiger partial charge in [-0.25, -0.2) is 13.1 Å². The van der Waals surface area contributed by atoms with Gasteiger partial charge in [0, 0.05) is 53.4 Å². The summed E-state index contributed by atoms with van der Waals surface area (Å²) in [6, 6.07) is 5.99. The second-order valence-electron chi connectivity index (χ2n) is 11.3. The molecule has 3 N–H and O–H groups in total. The fourth-order valence-corrected chi connectivity index (χ4v) is 6.47. The molecule has 5 rings (SSSR count). The Kier molecular flexibility index (Phi) is 7.43. The topological polar surface area (TPSA) is 130 Å². The molecule has 0 radical (unpaired) electrons. The maximum Gasteiger partial charge on any atom is 0.253 e. The summed E-state index contributed by atoms with van der Waals surface area (Å²) in [5, 5.41) is 7.44. The van der Waals surface area contributed by atoms with Gasteiger partial charge >= 0.3 is 0 Å². The van der Waals surface area contributed by atoms with Crippen LogP contribution in [0.25, 0.3) is 10.8 Å². The van der Waals surface area contributed by atoms with Crippen LogP contribution in [0, 0.1) is 11.8 Å². The number of fused-ring (bicyclic) bond motifs is 3. The first-order valence-corrected chi connectivity index (χ1v) is 15.0. The number of rotatable bonds is 9. The van der Waals surface area contributed by atoms with Gasteiger partial charge in [-0.2, -0.15) is 0 Å². The quantitative estimate of drug-likeness (QED) is 0.368. The molecule has 2 aromatic heterocycles. The zero-order valence-electron chi connectivity index (χ0n) is 22.7. The molecule has 9 nitrogen and oxygen atoms in total. The number of nitrogens with zero attached hydrogens (tertiary/aromatic N) is 2. The lowest BCUT2D eigenvalue weighted by Gasteiger charge is -2.19. The van der Waals surface area contributed by atoms with Gasteiger partial charge in [0.25, 0.3) is 5.91 Å². The van der Waals surface area contributed by atoms with Gasteiger partial charge in [0.05, 0.1) is 22.5 Å².